The molecule has 3 nitrogen and oxygen atoms in total. The Balaban J connectivity index is 1.48. The Morgan fingerprint density at radius 1 is 0.969 bits per heavy atom. The fraction of sp³-hybridized carbons (Fsp3) is 0.966. The van der Waals surface area contributed by atoms with E-state index in [1.54, 1.807) is 0 Å². The Labute approximate surface area is 197 Å². The number of carbonyl (C=O) groups is 1. The standard InChI is InChI=1S/C29H50O3/c1-18(2)8-7-9-19(3)23-10-11-24-27-25(13-15-29(23,24)6)28(5)14-12-22(32-20(4)30)16-21(28)17-26(27)31/h18-19,21-27,31H,7-17H2,1-6H3/t19-,21+,22-,23-,24+,25+,26+,27+,28-,29-/m0/s1. The molecule has 0 heterocycles. The van der Waals surface area contributed by atoms with Crippen LogP contribution >= 0.6 is 0 Å². The Morgan fingerprint density at radius 3 is 2.34 bits per heavy atom. The fourth-order valence-electron chi connectivity index (χ4n) is 9.55. The van der Waals surface area contributed by atoms with Crippen LogP contribution in [0.3, 0.4) is 0 Å². The number of aliphatic hydroxyl groups is 1. The van der Waals surface area contributed by atoms with E-state index in [1.807, 2.05) is 0 Å². The maximum Gasteiger partial charge on any atom is 0.302 e. The van der Waals surface area contributed by atoms with Crippen molar-refractivity contribution >= 4 is 5.97 Å². The van der Waals surface area contributed by atoms with Gasteiger partial charge in [0.15, 0.2) is 0 Å². The molecule has 0 aromatic carbocycles. The summed E-state index contributed by atoms with van der Waals surface area (Å²) in [7, 11) is 0. The second kappa shape index (κ2) is 9.23. The molecule has 184 valence electrons. The summed E-state index contributed by atoms with van der Waals surface area (Å²) < 4.78 is 5.61. The van der Waals surface area contributed by atoms with Gasteiger partial charge in [0.05, 0.1) is 6.10 Å². The first-order valence-corrected chi connectivity index (χ1v) is 13.9. The number of hydrogen-bond acceptors (Lipinski definition) is 3. The van der Waals surface area contributed by atoms with Crippen LogP contribution in [0.25, 0.3) is 0 Å². The molecule has 4 fully saturated rings. The van der Waals surface area contributed by atoms with Gasteiger partial charge >= 0.3 is 5.97 Å². The SMILES string of the molecule is CC(=O)O[C@H]1CC[C@@]2(C)[C@H](C1)C[C@@H](O)[C@H]1[C@H]2CC[C@]2(C)[C@@H]1CC[C@H]2[C@@H](C)CCCC(C)C. The lowest BCUT2D eigenvalue weighted by molar-refractivity contribution is -0.182. The average Bonchev–Trinajstić information content (AvgIpc) is 3.05. The zero-order chi connectivity index (χ0) is 23.3. The molecule has 4 aliphatic carbocycles. The van der Waals surface area contributed by atoms with E-state index < -0.39 is 0 Å². The number of aliphatic hydroxyl groups excluding tert-OH is 1. The van der Waals surface area contributed by atoms with Crippen LogP contribution in [-0.2, 0) is 9.53 Å². The van der Waals surface area contributed by atoms with Crippen molar-refractivity contribution < 1.29 is 14.6 Å². The van der Waals surface area contributed by atoms with Crippen molar-refractivity contribution in [2.24, 2.45) is 52.3 Å². The molecule has 4 aliphatic rings. The average molecular weight is 447 g/mol. The van der Waals surface area contributed by atoms with Gasteiger partial charge in [-0.2, -0.15) is 0 Å². The van der Waals surface area contributed by atoms with Crippen LogP contribution in [-0.4, -0.2) is 23.3 Å². The van der Waals surface area contributed by atoms with Crippen molar-refractivity contribution in [2.45, 2.75) is 124 Å². The minimum Gasteiger partial charge on any atom is -0.463 e. The predicted octanol–water partition coefficient (Wildman–Crippen LogP) is 7.01. The van der Waals surface area contributed by atoms with Gasteiger partial charge < -0.3 is 9.84 Å². The summed E-state index contributed by atoms with van der Waals surface area (Å²) in [6.45, 7) is 13.9. The van der Waals surface area contributed by atoms with E-state index in [2.05, 4.69) is 34.6 Å². The van der Waals surface area contributed by atoms with Gasteiger partial charge in [-0.15, -0.1) is 0 Å². The van der Waals surface area contributed by atoms with E-state index in [1.165, 1.54) is 51.9 Å². The van der Waals surface area contributed by atoms with Crippen molar-refractivity contribution in [1.29, 1.82) is 0 Å². The lowest BCUT2D eigenvalue weighted by Crippen LogP contribution is -2.58. The quantitative estimate of drug-likeness (QED) is 0.446. The highest BCUT2D eigenvalue weighted by Gasteiger charge is 2.63. The zero-order valence-electron chi connectivity index (χ0n) is 21.7. The molecule has 0 spiro atoms. The van der Waals surface area contributed by atoms with Crippen molar-refractivity contribution in [3.05, 3.63) is 0 Å². The summed E-state index contributed by atoms with van der Waals surface area (Å²) in [4.78, 5) is 11.5. The van der Waals surface area contributed by atoms with Gasteiger partial charge in [-0.25, -0.2) is 0 Å². The highest BCUT2D eigenvalue weighted by Crippen LogP contribution is 2.68. The number of ether oxygens (including phenoxy) is 1. The first-order chi connectivity index (χ1) is 15.1. The van der Waals surface area contributed by atoms with Crippen molar-refractivity contribution in [3.63, 3.8) is 0 Å². The Morgan fingerprint density at radius 2 is 1.66 bits per heavy atom. The minimum absolute atomic E-state index is 0.0609. The molecule has 3 heteroatoms. The van der Waals surface area contributed by atoms with Gasteiger partial charge in [-0.3, -0.25) is 4.79 Å². The Hall–Kier alpha value is -0.570. The lowest BCUT2D eigenvalue weighted by Gasteiger charge is -2.62. The van der Waals surface area contributed by atoms with Crippen LogP contribution in [0.15, 0.2) is 0 Å². The van der Waals surface area contributed by atoms with Crippen molar-refractivity contribution in [3.8, 4) is 0 Å². The zero-order valence-corrected chi connectivity index (χ0v) is 21.7. The molecule has 4 saturated carbocycles. The maximum absolute atomic E-state index is 11.5. The van der Waals surface area contributed by atoms with Crippen LogP contribution in [0.5, 0.6) is 0 Å². The summed E-state index contributed by atoms with van der Waals surface area (Å²) in [5.41, 5.74) is 0.723. The van der Waals surface area contributed by atoms with Crippen LogP contribution in [0.1, 0.15) is 112 Å². The first kappa shape index (κ1) is 24.6. The third kappa shape index (κ3) is 4.29. The van der Waals surface area contributed by atoms with Gasteiger partial charge in [0.1, 0.15) is 6.10 Å². The molecule has 0 aromatic heterocycles. The predicted molar refractivity (Wildman–Crippen MR) is 130 cm³/mol. The van der Waals surface area contributed by atoms with Gasteiger partial charge in [-0.1, -0.05) is 53.9 Å². The van der Waals surface area contributed by atoms with Gasteiger partial charge in [0.2, 0.25) is 0 Å². The molecule has 1 N–H and O–H groups in total. The lowest BCUT2D eigenvalue weighted by atomic mass is 9.43. The van der Waals surface area contributed by atoms with E-state index in [0.717, 1.165) is 43.4 Å². The first-order valence-electron chi connectivity index (χ1n) is 13.9. The Bertz CT molecular complexity index is 673. The molecule has 0 bridgehead atoms. The second-order valence-corrected chi connectivity index (χ2v) is 13.3. The molecular weight excluding hydrogens is 396 g/mol. The number of rotatable bonds is 6. The molecule has 0 aromatic rings. The summed E-state index contributed by atoms with van der Waals surface area (Å²) in [5.74, 6) is 4.61. The van der Waals surface area contributed by atoms with Crippen LogP contribution in [0.4, 0.5) is 0 Å². The van der Waals surface area contributed by atoms with Gasteiger partial charge in [0, 0.05) is 6.92 Å². The summed E-state index contributed by atoms with van der Waals surface area (Å²) in [6.07, 6.45) is 13.3. The van der Waals surface area contributed by atoms with E-state index in [4.69, 9.17) is 4.74 Å². The highest BCUT2D eigenvalue weighted by molar-refractivity contribution is 5.66. The molecule has 0 saturated heterocycles. The third-order valence-electron chi connectivity index (χ3n) is 11.2. The fourth-order valence-corrected chi connectivity index (χ4v) is 9.55. The van der Waals surface area contributed by atoms with Crippen molar-refractivity contribution in [2.75, 3.05) is 0 Å². The molecule has 0 unspecified atom stereocenters. The Kier molecular flexibility index (Phi) is 7.08. The minimum atomic E-state index is -0.172. The van der Waals surface area contributed by atoms with Crippen molar-refractivity contribution in [1.82, 2.24) is 0 Å². The van der Waals surface area contributed by atoms with E-state index in [-0.39, 0.29) is 18.2 Å². The topological polar surface area (TPSA) is 46.5 Å². The molecule has 4 rings (SSSR count). The number of carbonyl (C=O) groups excluding carboxylic acids is 1. The molecule has 10 atom stereocenters. The number of hydrogen-bond donors (Lipinski definition) is 1. The molecule has 0 radical (unpaired) electrons. The molecular formula is C29H50O3. The summed E-state index contributed by atoms with van der Waals surface area (Å²) in [5, 5.41) is 11.5. The van der Waals surface area contributed by atoms with Gasteiger partial charge in [0.25, 0.3) is 0 Å². The monoisotopic (exact) mass is 446 g/mol. The van der Waals surface area contributed by atoms with Crippen LogP contribution in [0.2, 0.25) is 0 Å². The third-order valence-corrected chi connectivity index (χ3v) is 11.2. The smallest absolute Gasteiger partial charge is 0.302 e. The molecule has 0 amide bonds. The number of esters is 1. The van der Waals surface area contributed by atoms with E-state index in [0.29, 0.717) is 34.5 Å². The van der Waals surface area contributed by atoms with Crippen LogP contribution < -0.4 is 0 Å². The summed E-state index contributed by atoms with van der Waals surface area (Å²) >= 11 is 0. The molecule has 32 heavy (non-hydrogen) atoms. The maximum atomic E-state index is 11.5. The summed E-state index contributed by atoms with van der Waals surface area (Å²) in [6, 6.07) is 0. The normalized spacial score (nSPS) is 46.8. The van der Waals surface area contributed by atoms with E-state index >= 15 is 0 Å². The highest BCUT2D eigenvalue weighted by atomic mass is 16.5. The largest absolute Gasteiger partial charge is 0.463 e. The molecule has 0 aliphatic heterocycles. The van der Waals surface area contributed by atoms with Crippen LogP contribution in [0, 0.1) is 52.3 Å². The van der Waals surface area contributed by atoms with Gasteiger partial charge in [-0.05, 0) is 104 Å². The second-order valence-electron chi connectivity index (χ2n) is 13.3. The number of fused-ring (bicyclic) bond motifs is 5. The van der Waals surface area contributed by atoms with E-state index in [9.17, 15) is 9.90 Å².